The van der Waals surface area contributed by atoms with E-state index in [4.69, 9.17) is 9.47 Å². The Morgan fingerprint density at radius 2 is 1.72 bits per heavy atom. The molecule has 0 saturated heterocycles. The number of amides is 1. The minimum atomic E-state index is -1.09. The van der Waals surface area contributed by atoms with Crippen molar-refractivity contribution in [3.8, 4) is 5.75 Å². The van der Waals surface area contributed by atoms with Crippen LogP contribution in [0.5, 0.6) is 5.75 Å². The number of rotatable bonds is 8. The number of benzene rings is 2. The van der Waals surface area contributed by atoms with Crippen molar-refractivity contribution in [1.82, 2.24) is 5.32 Å². The van der Waals surface area contributed by atoms with Gasteiger partial charge in [-0.3, -0.25) is 4.79 Å². The second kappa shape index (κ2) is 9.44. The van der Waals surface area contributed by atoms with Crippen molar-refractivity contribution in [3.63, 3.8) is 0 Å². The maximum absolute atomic E-state index is 12.1. The maximum atomic E-state index is 12.1. The zero-order valence-electron chi connectivity index (χ0n) is 14.0. The van der Waals surface area contributed by atoms with E-state index in [-0.39, 0.29) is 18.9 Å². The predicted molar refractivity (Wildman–Crippen MR) is 92.0 cm³/mol. The minimum absolute atomic E-state index is 0.0878. The van der Waals surface area contributed by atoms with Crippen LogP contribution in [-0.2, 0) is 27.4 Å². The second-order valence-corrected chi connectivity index (χ2v) is 5.42. The van der Waals surface area contributed by atoms with Gasteiger partial charge in [0.25, 0.3) is 0 Å². The van der Waals surface area contributed by atoms with Crippen LogP contribution in [-0.4, -0.2) is 36.7 Å². The van der Waals surface area contributed by atoms with Gasteiger partial charge in [-0.15, -0.1) is 0 Å². The molecule has 0 heterocycles. The van der Waals surface area contributed by atoms with E-state index in [9.17, 15) is 14.7 Å². The van der Waals surface area contributed by atoms with Gasteiger partial charge in [0.15, 0.2) is 6.04 Å². The minimum Gasteiger partial charge on any atom is -0.497 e. The van der Waals surface area contributed by atoms with E-state index in [1.807, 2.05) is 30.3 Å². The van der Waals surface area contributed by atoms with Gasteiger partial charge >= 0.3 is 5.97 Å². The van der Waals surface area contributed by atoms with Gasteiger partial charge in [-0.25, -0.2) is 4.79 Å². The standard InChI is InChI=1S/C19H21NO5/c1-24-16-9-7-14(8-10-16)11-18(22)20-17(12-21)19(23)25-13-15-5-3-2-4-6-15/h2-10,17,21H,11-13H2,1H3,(H,20,22)/t17-/m0/s1. The molecule has 0 bridgehead atoms. The molecule has 2 aromatic rings. The highest BCUT2D eigenvalue weighted by Gasteiger charge is 2.21. The summed E-state index contributed by atoms with van der Waals surface area (Å²) in [7, 11) is 1.56. The van der Waals surface area contributed by atoms with E-state index < -0.39 is 18.6 Å². The third-order valence-corrected chi connectivity index (χ3v) is 3.55. The molecule has 0 spiro atoms. The molecular weight excluding hydrogens is 322 g/mol. The normalized spacial score (nSPS) is 11.4. The highest BCUT2D eigenvalue weighted by Crippen LogP contribution is 2.11. The molecule has 0 aliphatic rings. The van der Waals surface area contributed by atoms with Crippen LogP contribution in [0.1, 0.15) is 11.1 Å². The lowest BCUT2D eigenvalue weighted by atomic mass is 10.1. The lowest BCUT2D eigenvalue weighted by Gasteiger charge is -2.15. The van der Waals surface area contributed by atoms with E-state index in [0.717, 1.165) is 11.1 Å². The molecule has 2 rings (SSSR count). The zero-order chi connectivity index (χ0) is 18.1. The summed E-state index contributed by atoms with van der Waals surface area (Å²) < 4.78 is 10.2. The van der Waals surface area contributed by atoms with Crippen molar-refractivity contribution in [2.45, 2.75) is 19.1 Å². The van der Waals surface area contributed by atoms with Crippen molar-refractivity contribution >= 4 is 11.9 Å². The monoisotopic (exact) mass is 343 g/mol. The lowest BCUT2D eigenvalue weighted by Crippen LogP contribution is -2.44. The number of carbonyl (C=O) groups excluding carboxylic acids is 2. The molecule has 0 aliphatic heterocycles. The number of methoxy groups -OCH3 is 1. The molecule has 0 saturated carbocycles. The fourth-order valence-corrected chi connectivity index (χ4v) is 2.18. The molecular formula is C19H21NO5. The largest absolute Gasteiger partial charge is 0.497 e. The summed E-state index contributed by atoms with van der Waals surface area (Å²) in [5.74, 6) is -0.350. The molecule has 25 heavy (non-hydrogen) atoms. The number of esters is 1. The van der Waals surface area contributed by atoms with Crippen LogP contribution in [0.4, 0.5) is 0 Å². The van der Waals surface area contributed by atoms with Gasteiger partial charge in [-0.1, -0.05) is 42.5 Å². The number of nitrogens with one attached hydrogen (secondary N) is 1. The van der Waals surface area contributed by atoms with Crippen LogP contribution < -0.4 is 10.1 Å². The van der Waals surface area contributed by atoms with Gasteiger partial charge in [0, 0.05) is 0 Å². The quantitative estimate of drug-likeness (QED) is 0.709. The van der Waals surface area contributed by atoms with Crippen LogP contribution in [0.3, 0.4) is 0 Å². The third-order valence-electron chi connectivity index (χ3n) is 3.55. The van der Waals surface area contributed by atoms with Crippen LogP contribution in [0.2, 0.25) is 0 Å². The number of hydrogen-bond donors (Lipinski definition) is 2. The molecule has 0 aliphatic carbocycles. The first-order valence-corrected chi connectivity index (χ1v) is 7.86. The number of ether oxygens (including phenoxy) is 2. The molecule has 2 aromatic carbocycles. The lowest BCUT2D eigenvalue weighted by molar-refractivity contribution is -0.150. The van der Waals surface area contributed by atoms with E-state index in [1.54, 1.807) is 31.4 Å². The van der Waals surface area contributed by atoms with Crippen molar-refractivity contribution in [1.29, 1.82) is 0 Å². The highest BCUT2D eigenvalue weighted by molar-refractivity contribution is 5.85. The Kier molecular flexibility index (Phi) is 6.98. The number of aliphatic hydroxyl groups is 1. The predicted octanol–water partition coefficient (Wildman–Crippen LogP) is 1.46. The fourth-order valence-electron chi connectivity index (χ4n) is 2.18. The number of carbonyl (C=O) groups is 2. The van der Waals surface area contributed by atoms with Crippen LogP contribution in [0.25, 0.3) is 0 Å². The Bertz CT molecular complexity index is 685. The smallest absolute Gasteiger partial charge is 0.331 e. The van der Waals surface area contributed by atoms with Crippen molar-refractivity contribution in [3.05, 3.63) is 65.7 Å². The van der Waals surface area contributed by atoms with Gasteiger partial charge < -0.3 is 19.9 Å². The van der Waals surface area contributed by atoms with Crippen LogP contribution >= 0.6 is 0 Å². The molecule has 132 valence electrons. The van der Waals surface area contributed by atoms with Crippen LogP contribution in [0, 0.1) is 0 Å². The topological polar surface area (TPSA) is 84.9 Å². The van der Waals surface area contributed by atoms with Crippen molar-refractivity contribution in [2.75, 3.05) is 13.7 Å². The summed E-state index contributed by atoms with van der Waals surface area (Å²) in [6.07, 6.45) is 0.0897. The SMILES string of the molecule is COc1ccc(CC(=O)N[C@@H](CO)C(=O)OCc2ccccc2)cc1. The molecule has 6 nitrogen and oxygen atoms in total. The molecule has 2 N–H and O–H groups in total. The van der Waals surface area contributed by atoms with E-state index >= 15 is 0 Å². The summed E-state index contributed by atoms with van der Waals surface area (Å²) in [6.45, 7) is -0.438. The summed E-state index contributed by atoms with van der Waals surface area (Å²) >= 11 is 0. The van der Waals surface area contributed by atoms with Gasteiger partial charge in [0.05, 0.1) is 20.1 Å². The van der Waals surface area contributed by atoms with Crippen LogP contribution in [0.15, 0.2) is 54.6 Å². The van der Waals surface area contributed by atoms with Crippen molar-refractivity contribution in [2.24, 2.45) is 0 Å². The first-order chi connectivity index (χ1) is 12.1. The Balaban J connectivity index is 1.84. The molecule has 6 heteroatoms. The first kappa shape index (κ1) is 18.5. The maximum Gasteiger partial charge on any atom is 0.331 e. The summed E-state index contributed by atoms with van der Waals surface area (Å²) in [6, 6.07) is 15.1. The number of hydrogen-bond acceptors (Lipinski definition) is 5. The van der Waals surface area contributed by atoms with Gasteiger partial charge in [-0.2, -0.15) is 0 Å². The van der Waals surface area contributed by atoms with Gasteiger partial charge in [-0.05, 0) is 23.3 Å². The molecule has 0 unspecified atom stereocenters. The summed E-state index contributed by atoms with van der Waals surface area (Å²) in [4.78, 5) is 24.1. The fraction of sp³-hybridized carbons (Fsp3) is 0.263. The molecule has 1 atom stereocenters. The average molecular weight is 343 g/mol. The average Bonchev–Trinajstić information content (AvgIpc) is 2.65. The first-order valence-electron chi connectivity index (χ1n) is 7.86. The molecule has 1 amide bonds. The molecule has 0 aromatic heterocycles. The van der Waals surface area contributed by atoms with Crippen molar-refractivity contribution < 1.29 is 24.2 Å². The Morgan fingerprint density at radius 3 is 2.32 bits per heavy atom. The number of aliphatic hydroxyl groups excluding tert-OH is 1. The summed E-state index contributed by atoms with van der Waals surface area (Å²) in [5, 5.41) is 11.8. The second-order valence-electron chi connectivity index (χ2n) is 5.42. The van der Waals surface area contributed by atoms with Gasteiger partial charge in [0.2, 0.25) is 5.91 Å². The van der Waals surface area contributed by atoms with Gasteiger partial charge in [0.1, 0.15) is 12.4 Å². The molecule has 0 fully saturated rings. The Morgan fingerprint density at radius 1 is 1.04 bits per heavy atom. The zero-order valence-corrected chi connectivity index (χ0v) is 14.0. The third kappa shape index (κ3) is 5.93. The van der Waals surface area contributed by atoms with E-state index in [1.165, 1.54) is 0 Å². The Labute approximate surface area is 146 Å². The molecule has 0 radical (unpaired) electrons. The Hall–Kier alpha value is -2.86. The highest BCUT2D eigenvalue weighted by atomic mass is 16.5. The van der Waals surface area contributed by atoms with E-state index in [2.05, 4.69) is 5.32 Å². The summed E-state index contributed by atoms with van der Waals surface area (Å²) in [5.41, 5.74) is 1.60. The van der Waals surface area contributed by atoms with E-state index in [0.29, 0.717) is 5.75 Å².